The van der Waals surface area contributed by atoms with Gasteiger partial charge in [-0.3, -0.25) is 4.79 Å². The molecule has 0 radical (unpaired) electrons. The number of halogens is 5. The molecule has 2 aromatic rings. The van der Waals surface area contributed by atoms with E-state index in [1.165, 1.54) is 0 Å². The number of fused-ring (bicyclic) bond motifs is 1. The highest BCUT2D eigenvalue weighted by Crippen LogP contribution is 2.32. The van der Waals surface area contributed by atoms with Gasteiger partial charge in [-0.25, -0.2) is 4.98 Å². The fraction of sp³-hybridized carbons (Fsp3) is 0.111. The number of nitrogens with zero attached hydrogens (tertiary/aromatic N) is 2. The van der Waals surface area contributed by atoms with Crippen molar-refractivity contribution in [3.8, 4) is 0 Å². The van der Waals surface area contributed by atoms with Crippen molar-refractivity contribution in [1.82, 2.24) is 9.38 Å². The average Bonchev–Trinajstić information content (AvgIpc) is 2.60. The molecule has 0 amide bonds. The molecule has 0 saturated heterocycles. The maximum Gasteiger partial charge on any atom is 0.417 e. The number of pyridine rings is 1. The quantitative estimate of drug-likeness (QED) is 0.752. The van der Waals surface area contributed by atoms with E-state index >= 15 is 0 Å². The van der Waals surface area contributed by atoms with Gasteiger partial charge in [0.25, 0.3) is 5.24 Å². The van der Waals surface area contributed by atoms with Gasteiger partial charge < -0.3 is 4.40 Å². The van der Waals surface area contributed by atoms with Crippen molar-refractivity contribution >= 4 is 34.1 Å². The van der Waals surface area contributed by atoms with Crippen molar-refractivity contribution < 1.29 is 18.0 Å². The highest BCUT2D eigenvalue weighted by atomic mass is 35.5. The molecular weight excluding hydrogens is 280 g/mol. The van der Waals surface area contributed by atoms with E-state index in [9.17, 15) is 18.0 Å². The van der Waals surface area contributed by atoms with Gasteiger partial charge in [-0.15, -0.1) is 0 Å². The Morgan fingerprint density at radius 1 is 1.35 bits per heavy atom. The number of aromatic nitrogens is 2. The van der Waals surface area contributed by atoms with Crippen LogP contribution in [-0.4, -0.2) is 14.6 Å². The molecule has 0 unspecified atom stereocenters. The zero-order chi connectivity index (χ0) is 12.8. The maximum atomic E-state index is 12.5. The van der Waals surface area contributed by atoms with E-state index in [1.807, 2.05) is 0 Å². The Balaban J connectivity index is 2.69. The largest absolute Gasteiger partial charge is 0.417 e. The Bertz CT molecular complexity index is 606. The Hall–Kier alpha value is -1.27. The molecule has 0 aliphatic carbocycles. The van der Waals surface area contributed by atoms with Crippen LogP contribution in [0.25, 0.3) is 5.65 Å². The van der Waals surface area contributed by atoms with Gasteiger partial charge in [-0.1, -0.05) is 11.6 Å². The van der Waals surface area contributed by atoms with Gasteiger partial charge in [0.2, 0.25) is 0 Å². The van der Waals surface area contributed by atoms with Crippen LogP contribution in [-0.2, 0) is 6.18 Å². The first-order valence-corrected chi connectivity index (χ1v) is 5.00. The first-order valence-electron chi connectivity index (χ1n) is 4.24. The van der Waals surface area contributed by atoms with E-state index in [1.54, 1.807) is 0 Å². The number of hydrogen-bond acceptors (Lipinski definition) is 2. The summed E-state index contributed by atoms with van der Waals surface area (Å²) in [6, 6.07) is 0.742. The third-order valence-corrected chi connectivity index (χ3v) is 2.51. The first-order chi connectivity index (χ1) is 7.79. The Morgan fingerprint density at radius 2 is 2.00 bits per heavy atom. The van der Waals surface area contributed by atoms with Gasteiger partial charge >= 0.3 is 6.18 Å². The summed E-state index contributed by atoms with van der Waals surface area (Å²) in [5.41, 5.74) is -1.04. The summed E-state index contributed by atoms with van der Waals surface area (Å²) < 4.78 is 38.4. The zero-order valence-corrected chi connectivity index (χ0v) is 9.44. The standard InChI is InChI=1S/C9H3Cl2F3N2O/c10-5-1-4(9(12,13)14)2-16-3-6(7(11)17)15-8(5)16/h1-3H. The normalized spacial score (nSPS) is 12.1. The predicted molar refractivity (Wildman–Crippen MR) is 55.4 cm³/mol. The van der Waals surface area contributed by atoms with Gasteiger partial charge in [0.05, 0.1) is 10.6 Å². The predicted octanol–water partition coefficient (Wildman–Crippen LogP) is 3.39. The highest BCUT2D eigenvalue weighted by molar-refractivity contribution is 6.67. The molecule has 2 rings (SSSR count). The van der Waals surface area contributed by atoms with Crippen LogP contribution in [0.4, 0.5) is 13.2 Å². The number of carbonyl (C=O) groups excluding carboxylic acids is 1. The minimum Gasteiger partial charge on any atom is -0.304 e. The molecule has 0 aliphatic heterocycles. The fourth-order valence-electron chi connectivity index (χ4n) is 1.31. The maximum absolute atomic E-state index is 12.5. The third kappa shape index (κ3) is 2.23. The van der Waals surface area contributed by atoms with E-state index in [2.05, 4.69) is 4.98 Å². The van der Waals surface area contributed by atoms with Crippen LogP contribution in [0.1, 0.15) is 16.1 Å². The molecule has 0 saturated carbocycles. The molecule has 0 spiro atoms. The van der Waals surface area contributed by atoms with Crippen LogP contribution in [0.5, 0.6) is 0 Å². The number of imidazole rings is 1. The molecule has 8 heteroatoms. The van der Waals surface area contributed by atoms with Gasteiger partial charge in [0.15, 0.2) is 5.65 Å². The van der Waals surface area contributed by atoms with Crippen molar-refractivity contribution in [2.75, 3.05) is 0 Å². The Kier molecular flexibility index (Phi) is 2.79. The molecule has 2 aromatic heterocycles. The summed E-state index contributed by atoms with van der Waals surface area (Å²) in [7, 11) is 0. The average molecular weight is 283 g/mol. The summed E-state index contributed by atoms with van der Waals surface area (Å²) in [6.45, 7) is 0. The molecule has 0 atom stereocenters. The molecule has 0 aromatic carbocycles. The Morgan fingerprint density at radius 3 is 2.53 bits per heavy atom. The molecule has 90 valence electrons. The molecular formula is C9H3Cl2F3N2O. The Labute approximate surface area is 103 Å². The van der Waals surface area contributed by atoms with Crippen molar-refractivity contribution in [3.63, 3.8) is 0 Å². The summed E-state index contributed by atoms with van der Waals surface area (Å²) in [6.07, 6.45) is -2.64. The highest BCUT2D eigenvalue weighted by Gasteiger charge is 2.32. The van der Waals surface area contributed by atoms with E-state index in [0.29, 0.717) is 0 Å². The molecule has 0 aliphatic rings. The van der Waals surface area contributed by atoms with Gasteiger partial charge in [0, 0.05) is 12.4 Å². The minimum atomic E-state index is -4.52. The summed E-state index contributed by atoms with van der Waals surface area (Å²) in [5, 5.41) is -1.07. The number of hydrogen-bond donors (Lipinski definition) is 0. The van der Waals surface area contributed by atoms with Crippen LogP contribution in [0.15, 0.2) is 18.5 Å². The number of carbonyl (C=O) groups is 1. The lowest BCUT2D eigenvalue weighted by molar-refractivity contribution is -0.137. The van der Waals surface area contributed by atoms with Crippen LogP contribution in [0, 0.1) is 0 Å². The van der Waals surface area contributed by atoms with Crippen LogP contribution < -0.4 is 0 Å². The van der Waals surface area contributed by atoms with Gasteiger partial charge in [0.1, 0.15) is 5.69 Å². The van der Waals surface area contributed by atoms with E-state index in [4.69, 9.17) is 23.2 Å². The number of alkyl halides is 3. The SMILES string of the molecule is O=C(Cl)c1cn2cc(C(F)(F)F)cc(Cl)c2n1. The molecule has 3 nitrogen and oxygen atoms in total. The van der Waals surface area contributed by atoms with Crippen molar-refractivity contribution in [2.45, 2.75) is 6.18 Å². The number of rotatable bonds is 1. The minimum absolute atomic E-state index is 0.0451. The van der Waals surface area contributed by atoms with Crippen LogP contribution in [0.3, 0.4) is 0 Å². The second kappa shape index (κ2) is 3.89. The second-order valence-electron chi connectivity index (χ2n) is 3.21. The fourth-order valence-corrected chi connectivity index (χ4v) is 1.66. The summed E-state index contributed by atoms with van der Waals surface area (Å²) >= 11 is 10.8. The van der Waals surface area contributed by atoms with Gasteiger partial charge in [-0.2, -0.15) is 13.2 Å². The lowest BCUT2D eigenvalue weighted by Crippen LogP contribution is -2.06. The monoisotopic (exact) mass is 282 g/mol. The van der Waals surface area contributed by atoms with Gasteiger partial charge in [-0.05, 0) is 17.7 Å². The molecule has 0 N–H and O–H groups in total. The third-order valence-electron chi connectivity index (χ3n) is 2.04. The van der Waals surface area contributed by atoms with Crippen LogP contribution >= 0.6 is 23.2 Å². The smallest absolute Gasteiger partial charge is 0.304 e. The van der Waals surface area contributed by atoms with Crippen molar-refractivity contribution in [1.29, 1.82) is 0 Å². The molecule has 0 fully saturated rings. The lowest BCUT2D eigenvalue weighted by Gasteiger charge is -2.07. The zero-order valence-electron chi connectivity index (χ0n) is 7.92. The van der Waals surface area contributed by atoms with Crippen LogP contribution in [0.2, 0.25) is 5.02 Å². The lowest BCUT2D eigenvalue weighted by atomic mass is 10.3. The van der Waals surface area contributed by atoms with Crippen molar-refractivity contribution in [3.05, 3.63) is 34.7 Å². The van der Waals surface area contributed by atoms with E-state index in [-0.39, 0.29) is 16.4 Å². The molecule has 17 heavy (non-hydrogen) atoms. The summed E-state index contributed by atoms with van der Waals surface area (Å²) in [5.74, 6) is 0. The van der Waals surface area contributed by atoms with E-state index in [0.717, 1.165) is 22.9 Å². The first kappa shape index (κ1) is 12.2. The topological polar surface area (TPSA) is 34.4 Å². The van der Waals surface area contributed by atoms with Crippen molar-refractivity contribution in [2.24, 2.45) is 0 Å². The molecule has 0 bridgehead atoms. The summed E-state index contributed by atoms with van der Waals surface area (Å²) in [4.78, 5) is 14.5. The molecule has 2 heterocycles. The van der Waals surface area contributed by atoms with E-state index < -0.39 is 17.0 Å². The second-order valence-corrected chi connectivity index (χ2v) is 3.96.